The molecular formula is C30H20O3S. The lowest BCUT2D eigenvalue weighted by Gasteiger charge is -2.16. The fraction of sp³-hybridized carbons (Fsp3) is 0. The summed E-state index contributed by atoms with van der Waals surface area (Å²) in [5.41, 5.74) is 5.47. The summed E-state index contributed by atoms with van der Waals surface area (Å²) < 4.78 is 34.3. The summed E-state index contributed by atoms with van der Waals surface area (Å²) in [6, 6.07) is 37.9. The summed E-state index contributed by atoms with van der Waals surface area (Å²) >= 11 is 0. The normalized spacial score (nSPS) is 13.4. The molecule has 0 atom stereocenters. The molecule has 164 valence electrons. The van der Waals surface area contributed by atoms with Gasteiger partial charge in [0, 0.05) is 11.1 Å². The van der Waals surface area contributed by atoms with E-state index in [1.807, 2.05) is 60.7 Å². The number of fused-ring (bicyclic) bond motifs is 2. The number of benzene rings is 5. The van der Waals surface area contributed by atoms with Crippen LogP contribution in [0.3, 0.4) is 0 Å². The van der Waals surface area contributed by atoms with E-state index in [1.165, 1.54) is 0 Å². The molecule has 0 spiro atoms. The maximum Gasteiger partial charge on any atom is 0.210 e. The second-order valence-corrected chi connectivity index (χ2v) is 10.1. The summed E-state index contributed by atoms with van der Waals surface area (Å²) in [7, 11) is -3.87. The summed E-state index contributed by atoms with van der Waals surface area (Å²) in [6.07, 6.45) is 0. The zero-order valence-electron chi connectivity index (χ0n) is 18.2. The van der Waals surface area contributed by atoms with E-state index in [9.17, 15) is 8.42 Å². The molecule has 34 heavy (non-hydrogen) atoms. The first-order valence-electron chi connectivity index (χ1n) is 11.0. The monoisotopic (exact) mass is 460 g/mol. The molecule has 2 aliphatic heterocycles. The Morgan fingerprint density at radius 1 is 0.441 bits per heavy atom. The molecule has 5 aromatic rings. The van der Waals surface area contributed by atoms with Crippen LogP contribution >= 0.6 is 0 Å². The molecule has 0 saturated heterocycles. The third kappa shape index (κ3) is 3.40. The minimum absolute atomic E-state index is 0.137. The van der Waals surface area contributed by atoms with E-state index in [1.54, 1.807) is 36.4 Å². The van der Waals surface area contributed by atoms with Crippen LogP contribution in [0.1, 0.15) is 0 Å². The van der Waals surface area contributed by atoms with Gasteiger partial charge < -0.3 is 4.74 Å². The van der Waals surface area contributed by atoms with Crippen molar-refractivity contribution in [2.24, 2.45) is 0 Å². The van der Waals surface area contributed by atoms with Gasteiger partial charge in [-0.1, -0.05) is 91.0 Å². The van der Waals surface area contributed by atoms with Crippen molar-refractivity contribution in [3.05, 3.63) is 121 Å². The molecule has 0 radical (unpaired) electrons. The van der Waals surface area contributed by atoms with Crippen LogP contribution in [-0.4, -0.2) is 8.42 Å². The molecule has 2 heterocycles. The molecule has 0 saturated carbocycles. The number of para-hydroxylation sites is 2. The number of hydrogen-bond acceptors (Lipinski definition) is 3. The molecule has 0 aromatic heterocycles. The van der Waals surface area contributed by atoms with E-state index in [4.69, 9.17) is 4.74 Å². The maximum absolute atomic E-state index is 14.0. The Kier molecular flexibility index (Phi) is 4.82. The Labute approximate surface area is 198 Å². The van der Waals surface area contributed by atoms with Crippen LogP contribution in [-0.2, 0) is 9.84 Å². The van der Waals surface area contributed by atoms with E-state index < -0.39 is 9.84 Å². The van der Waals surface area contributed by atoms with E-state index in [0.29, 0.717) is 17.1 Å². The van der Waals surface area contributed by atoms with Crippen LogP contribution in [0.4, 0.5) is 0 Å². The van der Waals surface area contributed by atoms with Gasteiger partial charge in [-0.15, -0.1) is 0 Å². The van der Waals surface area contributed by atoms with Gasteiger partial charge in [-0.3, -0.25) is 0 Å². The van der Waals surface area contributed by atoms with Gasteiger partial charge in [0.1, 0.15) is 16.4 Å². The number of sulfone groups is 1. The van der Waals surface area contributed by atoms with Gasteiger partial charge >= 0.3 is 0 Å². The zero-order chi connectivity index (χ0) is 23.1. The molecule has 0 N–H and O–H groups in total. The molecule has 0 amide bonds. The van der Waals surface area contributed by atoms with E-state index in [0.717, 1.165) is 27.8 Å². The van der Waals surface area contributed by atoms with Crippen LogP contribution in [0.5, 0.6) is 11.5 Å². The SMILES string of the molecule is O=S1(=O)c2ccccc2Oc2ccccc2-c2ccc(cc2)-c2cccc(c2)-c2ccccc21. The molecule has 2 aliphatic rings. The van der Waals surface area contributed by atoms with Crippen LogP contribution in [0, 0.1) is 0 Å². The predicted octanol–water partition coefficient (Wildman–Crippen LogP) is 7.63. The van der Waals surface area contributed by atoms with Crippen molar-refractivity contribution in [2.45, 2.75) is 9.79 Å². The Bertz CT molecular complexity index is 1630. The fourth-order valence-electron chi connectivity index (χ4n) is 4.44. The third-order valence-electron chi connectivity index (χ3n) is 6.13. The van der Waals surface area contributed by atoms with Gasteiger partial charge in [0.15, 0.2) is 0 Å². The largest absolute Gasteiger partial charge is 0.455 e. The molecule has 0 unspecified atom stereocenters. The first-order valence-corrected chi connectivity index (χ1v) is 12.5. The van der Waals surface area contributed by atoms with Gasteiger partial charge in [-0.25, -0.2) is 8.42 Å². The summed E-state index contributed by atoms with van der Waals surface area (Å²) in [4.78, 5) is 0.388. The Hall–Kier alpha value is -4.15. The summed E-state index contributed by atoms with van der Waals surface area (Å²) in [6.45, 7) is 0. The average Bonchev–Trinajstić information content (AvgIpc) is 2.89. The first-order chi connectivity index (χ1) is 16.6. The van der Waals surface area contributed by atoms with Crippen LogP contribution in [0.25, 0.3) is 33.4 Å². The fourth-order valence-corrected chi connectivity index (χ4v) is 6.04. The van der Waals surface area contributed by atoms with Crippen molar-refractivity contribution in [2.75, 3.05) is 0 Å². The number of hydrogen-bond donors (Lipinski definition) is 0. The van der Waals surface area contributed by atoms with E-state index in [-0.39, 0.29) is 9.79 Å². The van der Waals surface area contributed by atoms with E-state index in [2.05, 4.69) is 24.3 Å². The topological polar surface area (TPSA) is 43.4 Å². The highest BCUT2D eigenvalue weighted by Crippen LogP contribution is 2.40. The second kappa shape index (κ2) is 8.01. The zero-order valence-corrected chi connectivity index (χ0v) is 19.0. The van der Waals surface area contributed by atoms with Crippen molar-refractivity contribution in [1.29, 1.82) is 0 Å². The van der Waals surface area contributed by atoms with Gasteiger partial charge in [-0.2, -0.15) is 0 Å². The predicted molar refractivity (Wildman–Crippen MR) is 135 cm³/mol. The van der Waals surface area contributed by atoms with Crippen molar-refractivity contribution in [1.82, 2.24) is 0 Å². The number of ether oxygens (including phenoxy) is 1. The lowest BCUT2D eigenvalue weighted by Crippen LogP contribution is -2.06. The molecule has 0 aliphatic carbocycles. The van der Waals surface area contributed by atoms with Crippen molar-refractivity contribution < 1.29 is 13.2 Å². The van der Waals surface area contributed by atoms with Crippen LogP contribution < -0.4 is 4.74 Å². The highest BCUT2D eigenvalue weighted by molar-refractivity contribution is 7.91. The second-order valence-electron chi connectivity index (χ2n) is 8.20. The average molecular weight is 461 g/mol. The molecular weight excluding hydrogens is 440 g/mol. The first kappa shape index (κ1) is 20.5. The van der Waals surface area contributed by atoms with Gasteiger partial charge in [-0.05, 0) is 52.6 Å². The van der Waals surface area contributed by atoms with Gasteiger partial charge in [0.05, 0.1) is 4.90 Å². The summed E-state index contributed by atoms with van der Waals surface area (Å²) in [5, 5.41) is 0. The van der Waals surface area contributed by atoms with Crippen molar-refractivity contribution >= 4 is 9.84 Å². The molecule has 0 fully saturated rings. The maximum atomic E-state index is 14.0. The minimum atomic E-state index is -3.87. The molecule has 4 heteroatoms. The van der Waals surface area contributed by atoms with Crippen LogP contribution in [0.2, 0.25) is 0 Å². The molecule has 4 bridgehead atoms. The lowest BCUT2D eigenvalue weighted by atomic mass is 9.97. The number of rotatable bonds is 0. The Morgan fingerprint density at radius 2 is 1.03 bits per heavy atom. The molecule has 5 aromatic carbocycles. The van der Waals surface area contributed by atoms with Crippen molar-refractivity contribution in [3.8, 4) is 44.9 Å². The smallest absolute Gasteiger partial charge is 0.210 e. The van der Waals surface area contributed by atoms with E-state index >= 15 is 0 Å². The standard InChI is InChI=1S/C30H20O3S/c31-34(32)29-14-5-2-11-26(29)24-9-7-8-23(20-24)21-16-18-22(19-17-21)25-10-1-3-12-27(25)33-28-13-4-6-15-30(28)34/h1-20H. The Morgan fingerprint density at radius 3 is 1.82 bits per heavy atom. The molecule has 7 rings (SSSR count). The van der Waals surface area contributed by atoms with Gasteiger partial charge in [0.25, 0.3) is 0 Å². The highest BCUT2D eigenvalue weighted by atomic mass is 32.2. The quantitative estimate of drug-likeness (QED) is 0.234. The van der Waals surface area contributed by atoms with Crippen LogP contribution in [0.15, 0.2) is 131 Å². The lowest BCUT2D eigenvalue weighted by molar-refractivity contribution is 0.469. The van der Waals surface area contributed by atoms with Gasteiger partial charge in [0.2, 0.25) is 9.84 Å². The minimum Gasteiger partial charge on any atom is -0.455 e. The van der Waals surface area contributed by atoms with Crippen molar-refractivity contribution in [3.63, 3.8) is 0 Å². The summed E-state index contributed by atoms with van der Waals surface area (Å²) in [5.74, 6) is 0.895. The highest BCUT2D eigenvalue weighted by Gasteiger charge is 2.26. The molecule has 3 nitrogen and oxygen atoms in total. The Balaban J connectivity index is 1.70. The third-order valence-corrected chi connectivity index (χ3v) is 7.98.